The van der Waals surface area contributed by atoms with Gasteiger partial charge in [-0.2, -0.15) is 18.3 Å². The van der Waals surface area contributed by atoms with Gasteiger partial charge in [-0.1, -0.05) is 29.9 Å². The van der Waals surface area contributed by atoms with Crippen molar-refractivity contribution >= 4 is 16.9 Å². The average molecular weight is 336 g/mol. The Labute approximate surface area is 136 Å². The fraction of sp³-hybridized carbons (Fsp3) is 0.294. The summed E-state index contributed by atoms with van der Waals surface area (Å²) in [6, 6.07) is 5.10. The average Bonchev–Trinajstić information content (AvgIpc) is 2.92. The van der Waals surface area contributed by atoms with Gasteiger partial charge in [0, 0.05) is 5.39 Å². The third kappa shape index (κ3) is 2.81. The number of benzene rings is 1. The Morgan fingerprint density at radius 2 is 2.12 bits per heavy atom. The van der Waals surface area contributed by atoms with Gasteiger partial charge in [-0.3, -0.25) is 4.68 Å². The Kier molecular flexibility index (Phi) is 3.95. The smallest absolute Gasteiger partial charge is 0.416 e. The third-order valence-corrected chi connectivity index (χ3v) is 3.96. The highest BCUT2D eigenvalue weighted by atomic mass is 19.4. The molecule has 0 saturated heterocycles. The van der Waals surface area contributed by atoms with Crippen LogP contribution >= 0.6 is 0 Å². The van der Waals surface area contributed by atoms with E-state index in [1.54, 1.807) is 10.7 Å². The van der Waals surface area contributed by atoms with Crippen molar-refractivity contribution < 1.29 is 22.7 Å². The summed E-state index contributed by atoms with van der Waals surface area (Å²) in [7, 11) is 1.27. The molecule has 0 radical (unpaired) electrons. The van der Waals surface area contributed by atoms with E-state index in [2.05, 4.69) is 5.10 Å². The van der Waals surface area contributed by atoms with Gasteiger partial charge >= 0.3 is 12.1 Å². The summed E-state index contributed by atoms with van der Waals surface area (Å²) >= 11 is 0. The van der Waals surface area contributed by atoms with Crippen molar-refractivity contribution in [1.82, 2.24) is 9.78 Å². The van der Waals surface area contributed by atoms with Gasteiger partial charge in [-0.05, 0) is 25.5 Å². The minimum Gasteiger partial charge on any atom is -0.464 e. The van der Waals surface area contributed by atoms with Crippen molar-refractivity contribution in [2.75, 3.05) is 7.11 Å². The zero-order valence-corrected chi connectivity index (χ0v) is 13.1. The highest BCUT2D eigenvalue weighted by molar-refractivity contribution is 6.02. The molecule has 0 aliphatic heterocycles. The molecule has 1 atom stereocenters. The first kappa shape index (κ1) is 16.3. The van der Waals surface area contributed by atoms with E-state index in [9.17, 15) is 18.0 Å². The molecule has 4 nitrogen and oxygen atoms in total. The first-order chi connectivity index (χ1) is 11.3. The lowest BCUT2D eigenvalue weighted by molar-refractivity contribution is -0.0887. The van der Waals surface area contributed by atoms with Gasteiger partial charge in [0.05, 0.1) is 24.2 Å². The molecular formula is C17H15F3N2O2. The SMILES string of the molecule is COC(=O)c1nn(C2C=CC(C(F)(F)F)=CC2)c2ccc(C)cc12. The number of aryl methyl sites for hydroxylation is 1. The molecule has 0 N–H and O–H groups in total. The number of esters is 1. The monoisotopic (exact) mass is 336 g/mol. The summed E-state index contributed by atoms with van der Waals surface area (Å²) in [6.45, 7) is 1.89. The van der Waals surface area contributed by atoms with Gasteiger partial charge in [0.15, 0.2) is 5.69 Å². The molecule has 24 heavy (non-hydrogen) atoms. The van der Waals surface area contributed by atoms with E-state index in [1.165, 1.54) is 13.2 Å². The molecule has 0 amide bonds. The van der Waals surface area contributed by atoms with Crippen molar-refractivity contribution in [3.8, 4) is 0 Å². The molecular weight excluding hydrogens is 321 g/mol. The molecule has 1 heterocycles. The summed E-state index contributed by atoms with van der Waals surface area (Å²) in [5.74, 6) is -0.573. The van der Waals surface area contributed by atoms with E-state index in [4.69, 9.17) is 4.74 Å². The summed E-state index contributed by atoms with van der Waals surface area (Å²) in [5, 5.41) is 4.92. The maximum absolute atomic E-state index is 12.7. The molecule has 7 heteroatoms. The van der Waals surface area contributed by atoms with E-state index in [0.29, 0.717) is 10.9 Å². The van der Waals surface area contributed by atoms with Crippen LogP contribution in [0.2, 0.25) is 0 Å². The zero-order chi connectivity index (χ0) is 17.5. The highest BCUT2D eigenvalue weighted by Gasteiger charge is 2.33. The first-order valence-electron chi connectivity index (χ1n) is 7.34. The molecule has 126 valence electrons. The number of halogens is 3. The number of carbonyl (C=O) groups excluding carboxylic acids is 1. The van der Waals surface area contributed by atoms with Crippen LogP contribution in [0.4, 0.5) is 13.2 Å². The Morgan fingerprint density at radius 3 is 2.71 bits per heavy atom. The number of rotatable bonds is 2. The Hall–Kier alpha value is -2.57. The van der Waals surface area contributed by atoms with Crippen molar-refractivity contribution in [1.29, 1.82) is 0 Å². The Balaban J connectivity index is 2.04. The molecule has 1 aliphatic rings. The maximum atomic E-state index is 12.7. The number of allylic oxidation sites excluding steroid dienone is 4. The summed E-state index contributed by atoms with van der Waals surface area (Å²) in [5.41, 5.74) is 1.12. The zero-order valence-electron chi connectivity index (χ0n) is 13.1. The van der Waals surface area contributed by atoms with Crippen molar-refractivity contribution in [2.24, 2.45) is 0 Å². The molecule has 0 fully saturated rings. The topological polar surface area (TPSA) is 44.1 Å². The number of methoxy groups -OCH3 is 1. The van der Waals surface area contributed by atoms with Gasteiger partial charge in [-0.15, -0.1) is 0 Å². The standard InChI is InChI=1S/C17H15F3N2O2/c1-10-3-8-14-13(9-10)15(16(23)24-2)21-22(14)12-6-4-11(5-7-12)17(18,19)20/h3-6,8-9,12H,7H2,1-2H3. The number of hydrogen-bond donors (Lipinski definition) is 0. The fourth-order valence-corrected chi connectivity index (χ4v) is 2.76. The van der Waals surface area contributed by atoms with E-state index < -0.39 is 17.7 Å². The van der Waals surface area contributed by atoms with Crippen LogP contribution in [0.5, 0.6) is 0 Å². The van der Waals surface area contributed by atoms with Gasteiger partial charge in [0.25, 0.3) is 0 Å². The summed E-state index contributed by atoms with van der Waals surface area (Å²) in [6.07, 6.45) is -0.563. The van der Waals surface area contributed by atoms with Crippen molar-refractivity contribution in [2.45, 2.75) is 25.6 Å². The molecule has 1 aliphatic carbocycles. The van der Waals surface area contributed by atoms with Gasteiger partial charge < -0.3 is 4.74 Å². The van der Waals surface area contributed by atoms with Gasteiger partial charge in [0.1, 0.15) is 0 Å². The molecule has 3 rings (SSSR count). The van der Waals surface area contributed by atoms with E-state index in [1.807, 2.05) is 19.1 Å². The minimum atomic E-state index is -4.36. The van der Waals surface area contributed by atoms with Crippen LogP contribution in [-0.4, -0.2) is 29.0 Å². The lowest BCUT2D eigenvalue weighted by Crippen LogP contribution is -2.16. The molecule has 0 bridgehead atoms. The molecule has 0 saturated carbocycles. The Bertz CT molecular complexity index is 863. The summed E-state index contributed by atoms with van der Waals surface area (Å²) < 4.78 is 44.5. The molecule has 2 aromatic rings. The summed E-state index contributed by atoms with van der Waals surface area (Å²) in [4.78, 5) is 11.9. The lowest BCUT2D eigenvalue weighted by atomic mass is 10.0. The number of alkyl halides is 3. The number of aromatic nitrogens is 2. The van der Waals surface area contributed by atoms with E-state index >= 15 is 0 Å². The van der Waals surface area contributed by atoms with Crippen LogP contribution < -0.4 is 0 Å². The van der Waals surface area contributed by atoms with Crippen LogP contribution in [0, 0.1) is 6.92 Å². The van der Waals surface area contributed by atoms with Crippen molar-refractivity contribution in [3.05, 3.63) is 53.3 Å². The predicted molar refractivity (Wildman–Crippen MR) is 82.7 cm³/mol. The van der Waals surface area contributed by atoms with E-state index in [0.717, 1.165) is 17.7 Å². The number of fused-ring (bicyclic) bond motifs is 1. The Morgan fingerprint density at radius 1 is 1.38 bits per heavy atom. The lowest BCUT2D eigenvalue weighted by Gasteiger charge is -2.19. The predicted octanol–water partition coefficient (Wildman–Crippen LogP) is 4.12. The van der Waals surface area contributed by atoms with Gasteiger partial charge in [0.2, 0.25) is 0 Å². The molecule has 1 unspecified atom stereocenters. The largest absolute Gasteiger partial charge is 0.464 e. The second-order valence-corrected chi connectivity index (χ2v) is 5.62. The highest BCUT2D eigenvalue weighted by Crippen LogP contribution is 2.34. The van der Waals surface area contributed by atoms with Crippen LogP contribution in [0.15, 0.2) is 42.0 Å². The molecule has 0 spiro atoms. The normalized spacial score (nSPS) is 17.9. The van der Waals surface area contributed by atoms with E-state index in [-0.39, 0.29) is 18.2 Å². The van der Waals surface area contributed by atoms with Crippen molar-refractivity contribution in [3.63, 3.8) is 0 Å². The third-order valence-electron chi connectivity index (χ3n) is 3.96. The van der Waals surface area contributed by atoms with Crippen LogP contribution in [0.3, 0.4) is 0 Å². The first-order valence-corrected chi connectivity index (χ1v) is 7.34. The second-order valence-electron chi connectivity index (χ2n) is 5.62. The minimum absolute atomic E-state index is 0.149. The number of nitrogens with zero attached hydrogens (tertiary/aromatic N) is 2. The second kappa shape index (κ2) is 5.81. The molecule has 1 aromatic heterocycles. The maximum Gasteiger partial charge on any atom is 0.416 e. The number of hydrogen-bond acceptors (Lipinski definition) is 3. The molecule has 1 aromatic carbocycles. The van der Waals surface area contributed by atoms with Crippen LogP contribution in [0.1, 0.15) is 28.5 Å². The number of ether oxygens (including phenoxy) is 1. The van der Waals surface area contributed by atoms with Gasteiger partial charge in [-0.25, -0.2) is 4.79 Å². The number of carbonyl (C=O) groups is 1. The quantitative estimate of drug-likeness (QED) is 0.775. The van der Waals surface area contributed by atoms with Crippen LogP contribution in [-0.2, 0) is 4.74 Å². The van der Waals surface area contributed by atoms with Crippen LogP contribution in [0.25, 0.3) is 10.9 Å². The fourth-order valence-electron chi connectivity index (χ4n) is 2.76.